The molecular weight excluding hydrogens is 194 g/mol. The van der Waals surface area contributed by atoms with Crippen molar-refractivity contribution in [1.29, 1.82) is 0 Å². The number of fused-ring (bicyclic) bond motifs is 1. The maximum atomic E-state index is 10.8. The third-order valence-corrected chi connectivity index (χ3v) is 2.08. The van der Waals surface area contributed by atoms with Crippen molar-refractivity contribution >= 4 is 11.6 Å². The van der Waals surface area contributed by atoms with Gasteiger partial charge in [-0.3, -0.25) is 4.79 Å². The van der Waals surface area contributed by atoms with Crippen molar-refractivity contribution in [3.63, 3.8) is 0 Å². The zero-order chi connectivity index (χ0) is 10.8. The summed E-state index contributed by atoms with van der Waals surface area (Å²) in [5, 5.41) is 0. The van der Waals surface area contributed by atoms with Crippen molar-refractivity contribution in [2.75, 3.05) is 0 Å². The Bertz CT molecular complexity index is 492. The quantitative estimate of drug-likeness (QED) is 0.797. The predicted octanol–water partition coefficient (Wildman–Crippen LogP) is 0.587. The van der Waals surface area contributed by atoms with E-state index in [0.717, 1.165) is 5.65 Å². The van der Waals surface area contributed by atoms with Gasteiger partial charge in [-0.15, -0.1) is 0 Å². The second kappa shape index (κ2) is 3.61. The van der Waals surface area contributed by atoms with Gasteiger partial charge in [-0.2, -0.15) is 0 Å². The Morgan fingerprint density at radius 2 is 2.40 bits per heavy atom. The van der Waals surface area contributed by atoms with E-state index >= 15 is 0 Å². The molecule has 15 heavy (non-hydrogen) atoms. The molecule has 5 nitrogen and oxygen atoms in total. The maximum absolute atomic E-state index is 10.8. The highest BCUT2D eigenvalue weighted by atomic mass is 16.5. The molecule has 0 aromatic carbocycles. The molecule has 0 saturated heterocycles. The fourth-order valence-corrected chi connectivity index (χ4v) is 1.23. The zero-order valence-electron chi connectivity index (χ0n) is 8.25. The molecule has 5 heteroatoms. The molecule has 1 amide bonds. The van der Waals surface area contributed by atoms with E-state index in [2.05, 4.69) is 4.98 Å². The number of hydrogen-bond donors (Lipinski definition) is 1. The highest BCUT2D eigenvalue weighted by molar-refractivity contribution is 5.78. The Balaban J connectivity index is 2.24. The molecule has 2 aromatic heterocycles. The minimum atomic E-state index is -0.637. The molecule has 78 valence electrons. The topological polar surface area (TPSA) is 69.6 Å². The van der Waals surface area contributed by atoms with Crippen LogP contribution in [0.2, 0.25) is 0 Å². The molecule has 0 spiro atoms. The van der Waals surface area contributed by atoms with E-state index in [-0.39, 0.29) is 0 Å². The molecule has 1 unspecified atom stereocenters. The van der Waals surface area contributed by atoms with Crippen LogP contribution in [-0.2, 0) is 4.79 Å². The van der Waals surface area contributed by atoms with Gasteiger partial charge in [0.2, 0.25) is 0 Å². The van der Waals surface area contributed by atoms with Crippen LogP contribution in [0.1, 0.15) is 6.92 Å². The first-order chi connectivity index (χ1) is 7.16. The normalized spacial score (nSPS) is 12.6. The lowest BCUT2D eigenvalue weighted by Gasteiger charge is -2.10. The number of nitrogens with zero attached hydrogens (tertiary/aromatic N) is 2. The molecule has 0 radical (unpaired) electrons. The van der Waals surface area contributed by atoms with Gasteiger partial charge in [0.05, 0.1) is 0 Å². The van der Waals surface area contributed by atoms with Crippen molar-refractivity contribution in [2.24, 2.45) is 5.73 Å². The second-order valence-electron chi connectivity index (χ2n) is 3.22. The Hall–Kier alpha value is -2.04. The summed E-state index contributed by atoms with van der Waals surface area (Å²) in [5.74, 6) is 0.0956. The fourth-order valence-electron chi connectivity index (χ4n) is 1.23. The van der Waals surface area contributed by atoms with Crippen LogP contribution in [0.5, 0.6) is 5.75 Å². The Labute approximate surface area is 86.5 Å². The Kier molecular flexibility index (Phi) is 2.29. The lowest BCUT2D eigenvalue weighted by Crippen LogP contribution is -2.30. The van der Waals surface area contributed by atoms with Gasteiger partial charge in [-0.1, -0.05) is 0 Å². The number of carbonyl (C=O) groups is 1. The lowest BCUT2D eigenvalue weighted by atomic mass is 10.3. The van der Waals surface area contributed by atoms with Gasteiger partial charge in [0, 0.05) is 24.7 Å². The minimum absolute atomic E-state index is 0.488. The maximum Gasteiger partial charge on any atom is 0.258 e. The number of imidazole rings is 1. The van der Waals surface area contributed by atoms with Crippen LogP contribution in [0, 0.1) is 0 Å². The highest BCUT2D eigenvalue weighted by Crippen LogP contribution is 2.14. The first-order valence-corrected chi connectivity index (χ1v) is 4.55. The van der Waals surface area contributed by atoms with Gasteiger partial charge in [-0.25, -0.2) is 4.98 Å². The van der Waals surface area contributed by atoms with Crippen LogP contribution in [0.4, 0.5) is 0 Å². The molecule has 1 atom stereocenters. The van der Waals surface area contributed by atoms with E-state index in [1.54, 1.807) is 25.3 Å². The van der Waals surface area contributed by atoms with Crippen LogP contribution in [-0.4, -0.2) is 21.4 Å². The van der Waals surface area contributed by atoms with Crippen LogP contribution in [0.3, 0.4) is 0 Å². The van der Waals surface area contributed by atoms with Gasteiger partial charge < -0.3 is 14.9 Å². The molecule has 0 aliphatic heterocycles. The molecule has 0 bridgehead atoms. The molecule has 0 fully saturated rings. The van der Waals surface area contributed by atoms with E-state index in [0.29, 0.717) is 5.75 Å². The smallest absolute Gasteiger partial charge is 0.258 e. The fraction of sp³-hybridized carbons (Fsp3) is 0.200. The SMILES string of the molecule is CC(Oc1ccn2ccnc2c1)C(N)=O. The second-order valence-corrected chi connectivity index (χ2v) is 3.22. The van der Waals surface area contributed by atoms with Crippen LogP contribution < -0.4 is 10.5 Å². The monoisotopic (exact) mass is 205 g/mol. The highest BCUT2D eigenvalue weighted by Gasteiger charge is 2.10. The summed E-state index contributed by atoms with van der Waals surface area (Å²) in [4.78, 5) is 14.9. The lowest BCUT2D eigenvalue weighted by molar-refractivity contribution is -0.123. The number of amides is 1. The summed E-state index contributed by atoms with van der Waals surface area (Å²) in [6, 6.07) is 3.51. The van der Waals surface area contributed by atoms with Crippen molar-refractivity contribution < 1.29 is 9.53 Å². The zero-order valence-corrected chi connectivity index (χ0v) is 8.25. The van der Waals surface area contributed by atoms with E-state index < -0.39 is 12.0 Å². The molecule has 2 N–H and O–H groups in total. The molecule has 2 rings (SSSR count). The average molecular weight is 205 g/mol. The number of aromatic nitrogens is 2. The summed E-state index contributed by atoms with van der Waals surface area (Å²) in [6.45, 7) is 1.61. The van der Waals surface area contributed by atoms with Crippen LogP contribution in [0.25, 0.3) is 5.65 Å². The summed E-state index contributed by atoms with van der Waals surface area (Å²) in [6.07, 6.45) is 4.70. The van der Waals surface area contributed by atoms with Crippen molar-refractivity contribution in [3.8, 4) is 5.75 Å². The third kappa shape index (κ3) is 1.90. The Morgan fingerprint density at radius 3 is 3.13 bits per heavy atom. The number of hydrogen-bond acceptors (Lipinski definition) is 3. The van der Waals surface area contributed by atoms with Gasteiger partial charge >= 0.3 is 0 Å². The van der Waals surface area contributed by atoms with Crippen LogP contribution in [0.15, 0.2) is 30.7 Å². The average Bonchev–Trinajstić information content (AvgIpc) is 2.64. The number of rotatable bonds is 3. The largest absolute Gasteiger partial charge is 0.481 e. The summed E-state index contributed by atoms with van der Waals surface area (Å²) in [7, 11) is 0. The number of ether oxygens (including phenoxy) is 1. The van der Waals surface area contributed by atoms with Gasteiger partial charge in [-0.05, 0) is 13.0 Å². The van der Waals surface area contributed by atoms with E-state index in [4.69, 9.17) is 10.5 Å². The van der Waals surface area contributed by atoms with Crippen LogP contribution >= 0.6 is 0 Å². The van der Waals surface area contributed by atoms with E-state index in [1.807, 2.05) is 16.8 Å². The Morgan fingerprint density at radius 1 is 1.60 bits per heavy atom. The van der Waals surface area contributed by atoms with Crippen molar-refractivity contribution in [3.05, 3.63) is 30.7 Å². The standard InChI is InChI=1S/C10H11N3O2/c1-7(10(11)14)15-8-2-4-13-5-3-12-9(13)6-8/h2-7H,1H3,(H2,11,14). The van der Waals surface area contributed by atoms with E-state index in [9.17, 15) is 4.79 Å². The van der Waals surface area contributed by atoms with E-state index in [1.165, 1.54) is 0 Å². The van der Waals surface area contributed by atoms with Gasteiger partial charge in [0.1, 0.15) is 11.4 Å². The molecular formula is C10H11N3O2. The van der Waals surface area contributed by atoms with Gasteiger partial charge in [0.15, 0.2) is 6.10 Å². The summed E-state index contributed by atoms with van der Waals surface area (Å²) >= 11 is 0. The molecule has 0 saturated carbocycles. The number of pyridine rings is 1. The molecule has 0 aliphatic carbocycles. The molecule has 2 aromatic rings. The number of carbonyl (C=O) groups excluding carboxylic acids is 1. The first kappa shape index (κ1) is 9.51. The number of nitrogens with two attached hydrogens (primary N) is 1. The first-order valence-electron chi connectivity index (χ1n) is 4.55. The van der Waals surface area contributed by atoms with Gasteiger partial charge in [0.25, 0.3) is 5.91 Å². The van der Waals surface area contributed by atoms with Crippen molar-refractivity contribution in [1.82, 2.24) is 9.38 Å². The third-order valence-electron chi connectivity index (χ3n) is 2.08. The van der Waals surface area contributed by atoms with Crippen molar-refractivity contribution in [2.45, 2.75) is 13.0 Å². The minimum Gasteiger partial charge on any atom is -0.481 e. The summed E-state index contributed by atoms with van der Waals surface area (Å²) < 4.78 is 7.17. The molecule has 0 aliphatic rings. The predicted molar refractivity (Wildman–Crippen MR) is 54.5 cm³/mol. The summed E-state index contributed by atoms with van der Waals surface area (Å²) in [5.41, 5.74) is 5.86. The number of primary amides is 1. The molecule has 2 heterocycles.